The summed E-state index contributed by atoms with van der Waals surface area (Å²) in [6, 6.07) is 16.8. The Balaban J connectivity index is 1.84. The van der Waals surface area contributed by atoms with Crippen LogP contribution in [-0.2, 0) is 4.79 Å². The van der Waals surface area contributed by atoms with Crippen molar-refractivity contribution in [1.82, 2.24) is 5.32 Å². The number of rotatable bonds is 7. The van der Waals surface area contributed by atoms with Crippen molar-refractivity contribution in [2.24, 2.45) is 0 Å². The zero-order valence-electron chi connectivity index (χ0n) is 13.4. The molecule has 1 amide bonds. The van der Waals surface area contributed by atoms with Crippen LogP contribution in [0.15, 0.2) is 54.6 Å². The van der Waals surface area contributed by atoms with Gasteiger partial charge < -0.3 is 20.1 Å². The summed E-state index contributed by atoms with van der Waals surface area (Å²) in [6.45, 7) is 1.10. The molecule has 0 fully saturated rings. The molecule has 0 bridgehead atoms. The Morgan fingerprint density at radius 1 is 1.22 bits per heavy atom. The molecule has 0 heterocycles. The van der Waals surface area contributed by atoms with Crippen LogP contribution in [0.4, 0.5) is 5.69 Å². The van der Waals surface area contributed by atoms with Crippen LogP contribution in [0.5, 0.6) is 5.75 Å². The molecule has 0 aliphatic carbocycles. The first-order chi connectivity index (χ1) is 11.1. The topological polar surface area (TPSA) is 61.8 Å². The van der Waals surface area contributed by atoms with Crippen LogP contribution in [0.25, 0.3) is 0 Å². The molecule has 2 rings (SSSR count). The van der Waals surface area contributed by atoms with Gasteiger partial charge in [0.1, 0.15) is 5.75 Å². The van der Waals surface area contributed by atoms with Gasteiger partial charge in [0.25, 0.3) is 5.91 Å². The van der Waals surface area contributed by atoms with Gasteiger partial charge >= 0.3 is 0 Å². The average Bonchev–Trinajstić information content (AvgIpc) is 2.61. The molecule has 0 aromatic heterocycles. The van der Waals surface area contributed by atoms with Gasteiger partial charge in [0.05, 0.1) is 7.11 Å². The highest BCUT2D eigenvalue weighted by Crippen LogP contribution is 2.19. The number of carbonyl (C=O) groups is 1. The van der Waals surface area contributed by atoms with Crippen molar-refractivity contribution in [3.05, 3.63) is 60.2 Å². The number of ether oxygens (including phenoxy) is 1. The standard InChI is InChI=1S/C18H22N2O3/c1-20(15-8-4-3-5-9-15)12-11-19-18(22)17(21)14-7-6-10-16(13-14)23-2/h3-10,13,17,21H,11-12H2,1-2H3,(H,19,22). The Kier molecular flexibility index (Phi) is 6.00. The Morgan fingerprint density at radius 3 is 2.65 bits per heavy atom. The van der Waals surface area contributed by atoms with Crippen molar-refractivity contribution >= 4 is 11.6 Å². The van der Waals surface area contributed by atoms with E-state index in [4.69, 9.17) is 4.74 Å². The maximum absolute atomic E-state index is 12.0. The van der Waals surface area contributed by atoms with Crippen LogP contribution in [-0.4, -0.2) is 38.3 Å². The van der Waals surface area contributed by atoms with Gasteiger partial charge in [-0.3, -0.25) is 4.79 Å². The number of anilines is 1. The second kappa shape index (κ2) is 8.19. The van der Waals surface area contributed by atoms with Crippen LogP contribution in [0, 0.1) is 0 Å². The lowest BCUT2D eigenvalue weighted by Crippen LogP contribution is -2.35. The molecule has 0 radical (unpaired) electrons. The number of methoxy groups -OCH3 is 1. The second-order valence-electron chi connectivity index (χ2n) is 5.23. The van der Waals surface area contributed by atoms with Gasteiger partial charge in [-0.25, -0.2) is 0 Å². The lowest BCUT2D eigenvalue weighted by Gasteiger charge is -2.20. The van der Waals surface area contributed by atoms with Gasteiger partial charge in [-0.05, 0) is 29.8 Å². The molecular formula is C18H22N2O3. The van der Waals surface area contributed by atoms with E-state index in [2.05, 4.69) is 5.32 Å². The van der Waals surface area contributed by atoms with Gasteiger partial charge in [0.2, 0.25) is 0 Å². The number of hydrogen-bond donors (Lipinski definition) is 2. The number of nitrogens with zero attached hydrogens (tertiary/aromatic N) is 1. The largest absolute Gasteiger partial charge is 0.497 e. The highest BCUT2D eigenvalue weighted by atomic mass is 16.5. The van der Waals surface area contributed by atoms with Gasteiger partial charge in [0.15, 0.2) is 6.10 Å². The van der Waals surface area contributed by atoms with Crippen LogP contribution < -0.4 is 15.0 Å². The van der Waals surface area contributed by atoms with Crippen molar-refractivity contribution < 1.29 is 14.6 Å². The minimum absolute atomic E-state index is 0.417. The molecular weight excluding hydrogens is 292 g/mol. The summed E-state index contributed by atoms with van der Waals surface area (Å²) in [5.74, 6) is 0.192. The quantitative estimate of drug-likeness (QED) is 0.820. The van der Waals surface area contributed by atoms with Crippen molar-refractivity contribution in [3.8, 4) is 5.75 Å². The third kappa shape index (κ3) is 4.72. The first-order valence-corrected chi connectivity index (χ1v) is 7.47. The molecule has 0 aliphatic rings. The van der Waals surface area contributed by atoms with Gasteiger partial charge in [0, 0.05) is 25.8 Å². The highest BCUT2D eigenvalue weighted by molar-refractivity contribution is 5.82. The molecule has 2 N–H and O–H groups in total. The highest BCUT2D eigenvalue weighted by Gasteiger charge is 2.17. The zero-order valence-corrected chi connectivity index (χ0v) is 13.4. The SMILES string of the molecule is COc1cccc(C(O)C(=O)NCCN(C)c2ccccc2)c1. The number of aliphatic hydroxyl groups excluding tert-OH is 1. The van der Waals surface area contributed by atoms with Crippen LogP contribution in [0.1, 0.15) is 11.7 Å². The maximum atomic E-state index is 12.0. The lowest BCUT2D eigenvalue weighted by atomic mass is 10.1. The lowest BCUT2D eigenvalue weighted by molar-refractivity contribution is -0.129. The van der Waals surface area contributed by atoms with Gasteiger partial charge in [-0.2, -0.15) is 0 Å². The van der Waals surface area contributed by atoms with E-state index in [0.717, 1.165) is 5.69 Å². The van der Waals surface area contributed by atoms with Crippen molar-refractivity contribution in [1.29, 1.82) is 0 Å². The van der Waals surface area contributed by atoms with Gasteiger partial charge in [-0.1, -0.05) is 30.3 Å². The summed E-state index contributed by atoms with van der Waals surface area (Å²) in [5, 5.41) is 12.9. The van der Waals surface area contributed by atoms with Crippen LogP contribution >= 0.6 is 0 Å². The predicted octanol–water partition coefficient (Wildman–Crippen LogP) is 1.98. The fourth-order valence-corrected chi connectivity index (χ4v) is 2.22. The van der Waals surface area contributed by atoms with E-state index in [1.165, 1.54) is 0 Å². The molecule has 5 nitrogen and oxygen atoms in total. The second-order valence-corrected chi connectivity index (χ2v) is 5.23. The number of amides is 1. The molecule has 23 heavy (non-hydrogen) atoms. The zero-order chi connectivity index (χ0) is 16.7. The number of aliphatic hydroxyl groups is 1. The fraction of sp³-hybridized carbons (Fsp3) is 0.278. The van der Waals surface area contributed by atoms with E-state index in [1.54, 1.807) is 31.4 Å². The number of likely N-dealkylation sites (N-methyl/N-ethyl adjacent to an activating group) is 1. The Labute approximate surface area is 136 Å². The first kappa shape index (κ1) is 16.8. The minimum Gasteiger partial charge on any atom is -0.497 e. The van der Waals surface area contributed by atoms with E-state index in [9.17, 15) is 9.90 Å². The monoisotopic (exact) mass is 314 g/mol. The molecule has 5 heteroatoms. The molecule has 1 unspecified atom stereocenters. The summed E-state index contributed by atoms with van der Waals surface area (Å²) in [6.07, 6.45) is -1.20. The van der Waals surface area contributed by atoms with Crippen molar-refractivity contribution in [2.75, 3.05) is 32.1 Å². The third-order valence-electron chi connectivity index (χ3n) is 3.60. The first-order valence-electron chi connectivity index (χ1n) is 7.47. The molecule has 0 saturated heterocycles. The van der Waals surface area contributed by atoms with E-state index < -0.39 is 12.0 Å². The molecule has 0 saturated carbocycles. The van der Waals surface area contributed by atoms with Crippen LogP contribution in [0.3, 0.4) is 0 Å². The van der Waals surface area contributed by atoms with E-state index in [-0.39, 0.29) is 0 Å². The molecule has 122 valence electrons. The normalized spacial score (nSPS) is 11.6. The Hall–Kier alpha value is -2.53. The number of nitrogens with one attached hydrogen (secondary N) is 1. The molecule has 1 atom stereocenters. The Morgan fingerprint density at radius 2 is 1.96 bits per heavy atom. The summed E-state index contributed by atoms with van der Waals surface area (Å²) in [5.41, 5.74) is 1.59. The molecule has 0 aliphatic heterocycles. The van der Waals surface area contributed by atoms with E-state index in [1.807, 2.05) is 42.3 Å². The van der Waals surface area contributed by atoms with Crippen molar-refractivity contribution in [2.45, 2.75) is 6.10 Å². The minimum atomic E-state index is -1.20. The predicted molar refractivity (Wildman–Crippen MR) is 90.7 cm³/mol. The molecule has 2 aromatic carbocycles. The third-order valence-corrected chi connectivity index (χ3v) is 3.60. The van der Waals surface area contributed by atoms with E-state index in [0.29, 0.717) is 24.4 Å². The van der Waals surface area contributed by atoms with E-state index >= 15 is 0 Å². The van der Waals surface area contributed by atoms with Crippen LogP contribution in [0.2, 0.25) is 0 Å². The molecule has 0 spiro atoms. The smallest absolute Gasteiger partial charge is 0.253 e. The summed E-state index contributed by atoms with van der Waals surface area (Å²) in [4.78, 5) is 14.1. The Bertz CT molecular complexity index is 631. The summed E-state index contributed by atoms with van der Waals surface area (Å²) >= 11 is 0. The number of hydrogen-bond acceptors (Lipinski definition) is 4. The number of para-hydroxylation sites is 1. The fourth-order valence-electron chi connectivity index (χ4n) is 2.22. The number of benzene rings is 2. The summed E-state index contributed by atoms with van der Waals surface area (Å²) in [7, 11) is 3.50. The summed E-state index contributed by atoms with van der Waals surface area (Å²) < 4.78 is 5.10. The van der Waals surface area contributed by atoms with Gasteiger partial charge in [-0.15, -0.1) is 0 Å². The van der Waals surface area contributed by atoms with Crippen molar-refractivity contribution in [3.63, 3.8) is 0 Å². The average molecular weight is 314 g/mol. The number of carbonyl (C=O) groups excluding carboxylic acids is 1. The molecule has 2 aromatic rings. The maximum Gasteiger partial charge on any atom is 0.253 e.